The van der Waals surface area contributed by atoms with E-state index < -0.39 is 12.1 Å². The van der Waals surface area contributed by atoms with Crippen LogP contribution in [0.15, 0.2) is 58.9 Å². The Kier molecular flexibility index (Phi) is 3.80. The van der Waals surface area contributed by atoms with Gasteiger partial charge in [-0.05, 0) is 36.4 Å². The molecule has 132 valence electrons. The number of amides is 2. The zero-order chi connectivity index (χ0) is 18.3. The lowest BCUT2D eigenvalue weighted by Crippen LogP contribution is -2.39. The third-order valence-electron chi connectivity index (χ3n) is 4.43. The maximum Gasteiger partial charge on any atom is 0.263 e. The summed E-state index contributed by atoms with van der Waals surface area (Å²) in [6.07, 6.45) is 0. The largest absolute Gasteiger partial charge is 0.497 e. The van der Waals surface area contributed by atoms with Gasteiger partial charge >= 0.3 is 0 Å². The molecule has 4 rings (SSSR count). The van der Waals surface area contributed by atoms with Crippen LogP contribution >= 0.6 is 0 Å². The molecule has 2 heterocycles. The van der Waals surface area contributed by atoms with Gasteiger partial charge in [0.1, 0.15) is 11.5 Å². The number of anilines is 2. The van der Waals surface area contributed by atoms with Crippen LogP contribution in [0.3, 0.4) is 0 Å². The molecule has 0 saturated carbocycles. The van der Waals surface area contributed by atoms with E-state index in [1.54, 1.807) is 62.8 Å². The maximum atomic E-state index is 13.0. The van der Waals surface area contributed by atoms with E-state index in [4.69, 9.17) is 9.47 Å². The summed E-state index contributed by atoms with van der Waals surface area (Å²) >= 11 is 0. The second-order valence-electron chi connectivity index (χ2n) is 5.85. The molecule has 2 amide bonds. The van der Waals surface area contributed by atoms with E-state index >= 15 is 0 Å². The van der Waals surface area contributed by atoms with Crippen molar-refractivity contribution >= 4 is 23.2 Å². The molecule has 0 radical (unpaired) electrons. The lowest BCUT2D eigenvalue weighted by molar-refractivity contribution is -0.121. The van der Waals surface area contributed by atoms with Gasteiger partial charge in [0.2, 0.25) is 0 Å². The number of hydrogen-bond donors (Lipinski definition) is 0. The van der Waals surface area contributed by atoms with Crippen LogP contribution in [-0.4, -0.2) is 38.1 Å². The number of carbonyl (C=O) groups excluding carboxylic acids is 2. The van der Waals surface area contributed by atoms with Crippen molar-refractivity contribution in [3.63, 3.8) is 0 Å². The quantitative estimate of drug-likeness (QED) is 0.788. The summed E-state index contributed by atoms with van der Waals surface area (Å²) in [5.41, 5.74) is 1.12. The standard InChI is InChI=1S/C18H16N4O4/c1-25-13-8-6-11(7-9-13)21-17(23)15-16(18(21)24)22(20-19-15)12-4-3-5-14(10-12)26-2/h3-10,15-16H,1-2H3/t15-,16-/m0/s1. The third-order valence-corrected chi connectivity index (χ3v) is 4.43. The van der Waals surface area contributed by atoms with Gasteiger partial charge in [-0.15, -0.1) is 0 Å². The van der Waals surface area contributed by atoms with Crippen molar-refractivity contribution in [3.05, 3.63) is 48.5 Å². The van der Waals surface area contributed by atoms with Crippen LogP contribution in [0.2, 0.25) is 0 Å². The molecule has 26 heavy (non-hydrogen) atoms. The minimum atomic E-state index is -0.851. The number of rotatable bonds is 4. The van der Waals surface area contributed by atoms with Crippen LogP contribution in [0.25, 0.3) is 0 Å². The number of benzene rings is 2. The first-order valence-electron chi connectivity index (χ1n) is 8.00. The minimum absolute atomic E-state index is 0.363. The fourth-order valence-electron chi connectivity index (χ4n) is 3.11. The number of ether oxygens (including phenoxy) is 2. The first-order valence-corrected chi connectivity index (χ1v) is 8.00. The van der Waals surface area contributed by atoms with Crippen LogP contribution in [0, 0.1) is 0 Å². The molecule has 0 aromatic heterocycles. The minimum Gasteiger partial charge on any atom is -0.497 e. The van der Waals surface area contributed by atoms with Crippen molar-refractivity contribution in [2.24, 2.45) is 10.3 Å². The van der Waals surface area contributed by atoms with Crippen molar-refractivity contribution in [2.45, 2.75) is 12.1 Å². The Morgan fingerprint density at radius 2 is 1.62 bits per heavy atom. The highest BCUT2D eigenvalue weighted by Crippen LogP contribution is 2.36. The molecule has 0 bridgehead atoms. The van der Waals surface area contributed by atoms with E-state index in [-0.39, 0.29) is 11.8 Å². The van der Waals surface area contributed by atoms with Gasteiger partial charge in [0.05, 0.1) is 25.6 Å². The van der Waals surface area contributed by atoms with Crippen LogP contribution in [0.1, 0.15) is 0 Å². The van der Waals surface area contributed by atoms with Gasteiger partial charge in [0, 0.05) is 6.07 Å². The maximum absolute atomic E-state index is 13.0. The summed E-state index contributed by atoms with van der Waals surface area (Å²) in [7, 11) is 3.11. The van der Waals surface area contributed by atoms with E-state index in [1.807, 2.05) is 0 Å². The van der Waals surface area contributed by atoms with Crippen LogP contribution < -0.4 is 19.4 Å². The number of carbonyl (C=O) groups is 2. The molecule has 8 heteroatoms. The van der Waals surface area contributed by atoms with Gasteiger partial charge in [-0.1, -0.05) is 11.3 Å². The average molecular weight is 352 g/mol. The molecular formula is C18H16N4O4. The molecular weight excluding hydrogens is 336 g/mol. The van der Waals surface area contributed by atoms with Gasteiger partial charge in [-0.3, -0.25) is 9.59 Å². The Labute approximate surface area is 149 Å². The zero-order valence-corrected chi connectivity index (χ0v) is 14.2. The predicted octanol–water partition coefficient (Wildman–Crippen LogP) is 2.20. The monoisotopic (exact) mass is 352 g/mol. The van der Waals surface area contributed by atoms with Crippen molar-refractivity contribution in [2.75, 3.05) is 24.1 Å². The van der Waals surface area contributed by atoms with Crippen molar-refractivity contribution in [1.82, 2.24) is 0 Å². The van der Waals surface area contributed by atoms with Gasteiger partial charge in [-0.25, -0.2) is 9.91 Å². The van der Waals surface area contributed by atoms with E-state index in [9.17, 15) is 9.59 Å². The number of hydrogen-bond acceptors (Lipinski definition) is 7. The Balaban J connectivity index is 1.66. The molecule has 0 spiro atoms. The second-order valence-corrected chi connectivity index (χ2v) is 5.85. The van der Waals surface area contributed by atoms with E-state index in [0.29, 0.717) is 22.9 Å². The third kappa shape index (κ3) is 2.38. The van der Waals surface area contributed by atoms with Crippen LogP contribution in [0.4, 0.5) is 11.4 Å². The summed E-state index contributed by atoms with van der Waals surface area (Å²) in [5, 5.41) is 9.53. The van der Waals surface area contributed by atoms with Gasteiger partial charge in [0.25, 0.3) is 11.8 Å². The van der Waals surface area contributed by atoms with Crippen molar-refractivity contribution < 1.29 is 19.1 Å². The lowest BCUT2D eigenvalue weighted by atomic mass is 10.1. The molecule has 0 N–H and O–H groups in total. The summed E-state index contributed by atoms with van der Waals surface area (Å²) < 4.78 is 10.3. The average Bonchev–Trinajstić information content (AvgIpc) is 3.22. The van der Waals surface area contributed by atoms with E-state index in [1.165, 1.54) is 5.01 Å². The topological polar surface area (TPSA) is 83.8 Å². The molecule has 2 atom stereocenters. The molecule has 2 aromatic carbocycles. The molecule has 1 saturated heterocycles. The number of nitrogens with zero attached hydrogens (tertiary/aromatic N) is 4. The number of fused-ring (bicyclic) bond motifs is 1. The molecule has 2 aromatic rings. The van der Waals surface area contributed by atoms with E-state index in [2.05, 4.69) is 10.3 Å². The predicted molar refractivity (Wildman–Crippen MR) is 93.4 cm³/mol. The molecule has 2 aliphatic rings. The van der Waals surface area contributed by atoms with Crippen LogP contribution in [0.5, 0.6) is 11.5 Å². The normalized spacial score (nSPS) is 21.3. The first kappa shape index (κ1) is 16.1. The number of imide groups is 1. The highest BCUT2D eigenvalue weighted by molar-refractivity contribution is 6.26. The molecule has 0 aliphatic carbocycles. The molecule has 8 nitrogen and oxygen atoms in total. The smallest absolute Gasteiger partial charge is 0.263 e. The molecule has 1 fully saturated rings. The fraction of sp³-hybridized carbons (Fsp3) is 0.222. The Morgan fingerprint density at radius 1 is 0.885 bits per heavy atom. The summed E-state index contributed by atoms with van der Waals surface area (Å²) in [4.78, 5) is 26.8. The van der Waals surface area contributed by atoms with Gasteiger partial charge < -0.3 is 9.47 Å². The van der Waals surface area contributed by atoms with Gasteiger partial charge in [0.15, 0.2) is 12.1 Å². The Hall–Kier alpha value is -3.42. The summed E-state index contributed by atoms with van der Waals surface area (Å²) in [5.74, 6) is 0.521. The summed E-state index contributed by atoms with van der Waals surface area (Å²) in [6.45, 7) is 0. The SMILES string of the molecule is COc1ccc(N2C(=O)[C@H]3N=NN(c4cccc(OC)c4)[C@@H]3C2=O)cc1. The Bertz CT molecular complexity index is 896. The van der Waals surface area contributed by atoms with Crippen LogP contribution in [-0.2, 0) is 9.59 Å². The van der Waals surface area contributed by atoms with Gasteiger partial charge in [-0.2, -0.15) is 5.11 Å². The summed E-state index contributed by atoms with van der Waals surface area (Å²) in [6, 6.07) is 12.2. The molecule has 2 aliphatic heterocycles. The zero-order valence-electron chi connectivity index (χ0n) is 14.2. The highest BCUT2D eigenvalue weighted by Gasteiger charge is 2.55. The highest BCUT2D eigenvalue weighted by atomic mass is 16.5. The van der Waals surface area contributed by atoms with Crippen molar-refractivity contribution in [1.29, 1.82) is 0 Å². The first-order chi connectivity index (χ1) is 12.6. The molecule has 0 unspecified atom stereocenters. The van der Waals surface area contributed by atoms with Crippen molar-refractivity contribution in [3.8, 4) is 11.5 Å². The second kappa shape index (κ2) is 6.14. The Morgan fingerprint density at radius 3 is 2.31 bits per heavy atom. The number of methoxy groups -OCH3 is 2. The van der Waals surface area contributed by atoms with E-state index in [0.717, 1.165) is 4.90 Å². The fourth-order valence-corrected chi connectivity index (χ4v) is 3.11. The lowest BCUT2D eigenvalue weighted by Gasteiger charge is -2.21.